The van der Waals surface area contributed by atoms with Gasteiger partial charge in [-0.15, -0.1) is 0 Å². The first-order valence-electron chi connectivity index (χ1n) is 21.4. The highest BCUT2D eigenvalue weighted by Crippen LogP contribution is 2.48. The van der Waals surface area contributed by atoms with E-state index in [1.54, 1.807) is 0 Å². The Balaban J connectivity index is 1.04. The molecule has 0 N–H and O–H groups in total. The molecule has 0 atom stereocenters. The van der Waals surface area contributed by atoms with Crippen molar-refractivity contribution in [2.75, 3.05) is 4.90 Å². The van der Waals surface area contributed by atoms with Crippen molar-refractivity contribution < 1.29 is 8.83 Å². The number of anilines is 3. The molecule has 12 rings (SSSR count). The van der Waals surface area contributed by atoms with Gasteiger partial charge in [-0.25, -0.2) is 0 Å². The molecule has 0 bridgehead atoms. The highest BCUT2D eigenvalue weighted by Gasteiger charge is 2.24. The van der Waals surface area contributed by atoms with E-state index < -0.39 is 0 Å². The molecule has 3 nitrogen and oxygen atoms in total. The zero-order valence-corrected chi connectivity index (χ0v) is 34.3. The van der Waals surface area contributed by atoms with Gasteiger partial charge >= 0.3 is 0 Å². The lowest BCUT2D eigenvalue weighted by molar-refractivity contribution is 0.668. The molecule has 0 radical (unpaired) electrons. The van der Waals surface area contributed by atoms with Gasteiger partial charge in [-0.3, -0.25) is 0 Å². The Morgan fingerprint density at radius 1 is 0.254 bits per heavy atom. The quantitative estimate of drug-likeness (QED) is 0.153. The van der Waals surface area contributed by atoms with Gasteiger partial charge in [0.25, 0.3) is 0 Å². The summed E-state index contributed by atoms with van der Waals surface area (Å²) in [5, 5.41) is 4.40. The van der Waals surface area contributed by atoms with Crippen LogP contribution in [-0.2, 0) is 0 Å². The number of fused-ring (bicyclic) bond motifs is 6. The van der Waals surface area contributed by atoms with Gasteiger partial charge in [0.1, 0.15) is 22.3 Å². The van der Waals surface area contributed by atoms with Crippen LogP contribution in [0.4, 0.5) is 17.1 Å². The Labute approximate surface area is 365 Å². The zero-order chi connectivity index (χ0) is 41.7. The van der Waals surface area contributed by atoms with Crippen molar-refractivity contribution in [2.24, 2.45) is 0 Å². The number of para-hydroxylation sites is 3. The maximum atomic E-state index is 6.50. The predicted octanol–water partition coefficient (Wildman–Crippen LogP) is 17.3. The van der Waals surface area contributed by atoms with Crippen molar-refractivity contribution in [1.82, 2.24) is 0 Å². The third-order valence-electron chi connectivity index (χ3n) is 12.3. The van der Waals surface area contributed by atoms with Gasteiger partial charge in [-0.1, -0.05) is 176 Å². The Morgan fingerprint density at radius 3 is 1.52 bits per heavy atom. The summed E-state index contributed by atoms with van der Waals surface area (Å²) < 4.78 is 12.8. The van der Waals surface area contributed by atoms with Crippen molar-refractivity contribution in [2.45, 2.75) is 0 Å². The van der Waals surface area contributed by atoms with Gasteiger partial charge in [0.15, 0.2) is 0 Å². The molecule has 0 saturated carbocycles. The van der Waals surface area contributed by atoms with E-state index in [1.807, 2.05) is 18.2 Å². The molecular formula is C60H39NO2. The maximum Gasteiger partial charge on any atom is 0.137 e. The van der Waals surface area contributed by atoms with E-state index in [0.29, 0.717) is 0 Å². The number of benzene rings is 10. The molecule has 12 aromatic rings. The van der Waals surface area contributed by atoms with E-state index in [4.69, 9.17) is 8.83 Å². The molecule has 296 valence electrons. The Bertz CT molecular complexity index is 3620. The van der Waals surface area contributed by atoms with E-state index >= 15 is 0 Å². The summed E-state index contributed by atoms with van der Waals surface area (Å²) in [4.78, 5) is 2.40. The van der Waals surface area contributed by atoms with Crippen LogP contribution in [-0.4, -0.2) is 0 Å². The third-order valence-corrected chi connectivity index (χ3v) is 12.3. The first kappa shape index (κ1) is 36.5. The highest BCUT2D eigenvalue weighted by atomic mass is 16.3. The second kappa shape index (κ2) is 15.3. The van der Waals surface area contributed by atoms with Crippen LogP contribution in [0.2, 0.25) is 0 Å². The van der Waals surface area contributed by atoms with Crippen molar-refractivity contribution in [1.29, 1.82) is 0 Å². The molecule has 0 amide bonds. The maximum absolute atomic E-state index is 6.50. The van der Waals surface area contributed by atoms with E-state index in [-0.39, 0.29) is 0 Å². The lowest BCUT2D eigenvalue weighted by Gasteiger charge is -2.29. The van der Waals surface area contributed by atoms with Crippen LogP contribution in [0.25, 0.3) is 99.5 Å². The number of nitrogens with zero attached hydrogens (tertiary/aromatic N) is 1. The molecule has 0 spiro atoms. The van der Waals surface area contributed by atoms with E-state index in [1.165, 1.54) is 27.8 Å². The number of furan rings is 2. The normalized spacial score (nSPS) is 11.5. The summed E-state index contributed by atoms with van der Waals surface area (Å²) in [6, 6.07) is 84.2. The molecule has 0 saturated heterocycles. The van der Waals surface area contributed by atoms with E-state index in [9.17, 15) is 0 Å². The largest absolute Gasteiger partial charge is 0.456 e. The van der Waals surface area contributed by atoms with Gasteiger partial charge in [0.05, 0.1) is 16.8 Å². The van der Waals surface area contributed by atoms with Gasteiger partial charge in [0, 0.05) is 27.4 Å². The minimum atomic E-state index is 0.846. The van der Waals surface area contributed by atoms with Crippen molar-refractivity contribution in [3.8, 4) is 55.6 Å². The molecule has 0 aliphatic carbocycles. The van der Waals surface area contributed by atoms with Gasteiger partial charge in [-0.2, -0.15) is 0 Å². The van der Waals surface area contributed by atoms with Crippen LogP contribution in [0.3, 0.4) is 0 Å². The fourth-order valence-electron chi connectivity index (χ4n) is 9.35. The third kappa shape index (κ3) is 6.38. The first-order valence-corrected chi connectivity index (χ1v) is 21.4. The van der Waals surface area contributed by atoms with Crippen LogP contribution in [0.15, 0.2) is 245 Å². The lowest BCUT2D eigenvalue weighted by atomic mass is 9.87. The summed E-state index contributed by atoms with van der Waals surface area (Å²) in [6.07, 6.45) is 0. The average molecular weight is 806 g/mol. The van der Waals surface area contributed by atoms with Gasteiger partial charge in [0.2, 0.25) is 0 Å². The van der Waals surface area contributed by atoms with Crippen molar-refractivity contribution in [3.63, 3.8) is 0 Å². The molecule has 0 aliphatic heterocycles. The topological polar surface area (TPSA) is 29.5 Å². The molecule has 63 heavy (non-hydrogen) atoms. The molecule has 0 unspecified atom stereocenters. The monoisotopic (exact) mass is 805 g/mol. The van der Waals surface area contributed by atoms with Crippen LogP contribution >= 0.6 is 0 Å². The van der Waals surface area contributed by atoms with Crippen LogP contribution in [0, 0.1) is 0 Å². The Hall–Kier alpha value is -8.40. The van der Waals surface area contributed by atoms with Gasteiger partial charge < -0.3 is 13.7 Å². The van der Waals surface area contributed by atoms with Crippen LogP contribution < -0.4 is 4.90 Å². The molecular weight excluding hydrogens is 767 g/mol. The summed E-state index contributed by atoms with van der Waals surface area (Å²) in [5.41, 5.74) is 18.2. The second-order valence-electron chi connectivity index (χ2n) is 16.0. The van der Waals surface area contributed by atoms with Crippen LogP contribution in [0.1, 0.15) is 0 Å². The predicted molar refractivity (Wildman–Crippen MR) is 263 cm³/mol. The summed E-state index contributed by atoms with van der Waals surface area (Å²) in [5.74, 6) is 0. The van der Waals surface area contributed by atoms with Gasteiger partial charge in [-0.05, 0) is 111 Å². The summed E-state index contributed by atoms with van der Waals surface area (Å²) in [7, 11) is 0. The minimum absolute atomic E-state index is 0.846. The number of rotatable bonds is 8. The molecule has 2 heterocycles. The molecule has 0 aliphatic rings. The van der Waals surface area contributed by atoms with Crippen molar-refractivity contribution >= 4 is 60.9 Å². The molecule has 2 aromatic heterocycles. The average Bonchev–Trinajstić information content (AvgIpc) is 3.93. The molecule has 0 fully saturated rings. The van der Waals surface area contributed by atoms with E-state index in [2.05, 4.69) is 223 Å². The standard InChI is InChI=1S/C60H39NO2/c1-3-16-40(17-4-1)43-32-36-48(53(38-43)42-18-5-2-6-19-42)46-20-7-8-21-47(46)49-22-9-12-25-54(49)61(55-26-15-29-58-60(55)52-24-11-14-28-57(52)62-58)45-34-30-41(31-35-45)44-33-37-51-50-23-10-13-27-56(50)63-59(51)39-44/h1-39H. The fraction of sp³-hybridized carbons (Fsp3) is 0. The lowest BCUT2D eigenvalue weighted by Crippen LogP contribution is -2.11. The highest BCUT2D eigenvalue weighted by molar-refractivity contribution is 6.14. The zero-order valence-electron chi connectivity index (χ0n) is 34.3. The number of hydrogen-bond donors (Lipinski definition) is 0. The summed E-state index contributed by atoms with van der Waals surface area (Å²) >= 11 is 0. The Morgan fingerprint density at radius 2 is 0.746 bits per heavy atom. The number of hydrogen-bond acceptors (Lipinski definition) is 3. The SMILES string of the molecule is c1ccc(-c2ccc(-c3ccccc3-c3ccccc3N(c3ccc(-c4ccc5c(c4)oc4ccccc45)cc3)c3cccc4oc5ccccc5c34)c(-c3ccccc3)c2)cc1. The van der Waals surface area contributed by atoms with E-state index in [0.717, 1.165) is 88.8 Å². The minimum Gasteiger partial charge on any atom is -0.456 e. The summed E-state index contributed by atoms with van der Waals surface area (Å²) in [6.45, 7) is 0. The Kier molecular flexibility index (Phi) is 8.83. The van der Waals surface area contributed by atoms with Crippen molar-refractivity contribution in [3.05, 3.63) is 237 Å². The smallest absolute Gasteiger partial charge is 0.137 e. The second-order valence-corrected chi connectivity index (χ2v) is 16.0. The molecule has 10 aromatic carbocycles. The fourth-order valence-corrected chi connectivity index (χ4v) is 9.35. The first-order chi connectivity index (χ1) is 31.2. The van der Waals surface area contributed by atoms with Crippen LogP contribution in [0.5, 0.6) is 0 Å². The molecule has 3 heteroatoms.